The lowest BCUT2D eigenvalue weighted by atomic mass is 9.96. The van der Waals surface area contributed by atoms with Crippen molar-refractivity contribution in [2.75, 3.05) is 11.9 Å². The molecule has 0 bridgehead atoms. The smallest absolute Gasteiger partial charge is 0.245 e. The Balaban J connectivity index is 1.78. The Kier molecular flexibility index (Phi) is 6.33. The summed E-state index contributed by atoms with van der Waals surface area (Å²) >= 11 is 2.88. The first-order valence-electron chi connectivity index (χ1n) is 7.43. The molecule has 0 aliphatic heterocycles. The van der Waals surface area contributed by atoms with Crippen LogP contribution in [0, 0.1) is 5.41 Å². The summed E-state index contributed by atoms with van der Waals surface area (Å²) in [5.41, 5.74) is 0.678. The molecule has 0 unspecified atom stereocenters. The number of hydrogen-bond donors (Lipinski definition) is 2. The highest BCUT2D eigenvalue weighted by atomic mass is 32.2. The molecule has 1 aromatic heterocycles. The molecule has 6 nitrogen and oxygen atoms in total. The summed E-state index contributed by atoms with van der Waals surface area (Å²) in [6.45, 7) is 5.30. The lowest BCUT2D eigenvalue weighted by Crippen LogP contribution is -2.39. The fraction of sp³-hybridized carbons (Fsp3) is 0.375. The standard InChI is InChI=1S/C16H20N4O2S2/c1-16(2,3)13(22)17-9-12(21)18-14-19-20-15(24-14)23-10-11-7-5-4-6-8-11/h4-8H,9-10H2,1-3H3,(H,17,22)(H,18,19,21). The first-order chi connectivity index (χ1) is 11.3. The van der Waals surface area contributed by atoms with E-state index in [1.54, 1.807) is 32.5 Å². The Morgan fingerprint density at radius 1 is 1.17 bits per heavy atom. The minimum Gasteiger partial charge on any atom is -0.347 e. The number of anilines is 1. The summed E-state index contributed by atoms with van der Waals surface area (Å²) in [6.07, 6.45) is 0. The molecule has 0 spiro atoms. The van der Waals surface area contributed by atoms with Gasteiger partial charge in [-0.2, -0.15) is 0 Å². The number of benzene rings is 1. The maximum atomic E-state index is 11.8. The number of nitrogens with one attached hydrogen (secondary N) is 2. The molecule has 0 atom stereocenters. The molecule has 8 heteroatoms. The molecule has 1 heterocycles. The number of carbonyl (C=O) groups is 2. The summed E-state index contributed by atoms with van der Waals surface area (Å²) in [5, 5.41) is 13.7. The van der Waals surface area contributed by atoms with E-state index in [2.05, 4.69) is 33.0 Å². The van der Waals surface area contributed by atoms with Gasteiger partial charge in [0.05, 0.1) is 6.54 Å². The molecule has 0 fully saturated rings. The van der Waals surface area contributed by atoms with Gasteiger partial charge in [-0.15, -0.1) is 10.2 Å². The topological polar surface area (TPSA) is 84.0 Å². The van der Waals surface area contributed by atoms with Crippen molar-refractivity contribution in [2.24, 2.45) is 5.41 Å². The Morgan fingerprint density at radius 3 is 2.54 bits per heavy atom. The second-order valence-electron chi connectivity index (χ2n) is 6.13. The highest BCUT2D eigenvalue weighted by Crippen LogP contribution is 2.28. The van der Waals surface area contributed by atoms with Gasteiger partial charge in [-0.1, -0.05) is 74.2 Å². The van der Waals surface area contributed by atoms with Crippen LogP contribution in [-0.4, -0.2) is 28.6 Å². The highest BCUT2D eigenvalue weighted by molar-refractivity contribution is 8.00. The van der Waals surface area contributed by atoms with Gasteiger partial charge in [-0.3, -0.25) is 14.9 Å². The predicted octanol–water partition coefficient (Wildman–Crippen LogP) is 2.93. The molecule has 2 aromatic rings. The summed E-state index contributed by atoms with van der Waals surface area (Å²) in [5.74, 6) is 0.308. The van der Waals surface area contributed by atoms with Gasteiger partial charge in [0.25, 0.3) is 0 Å². The normalized spacial score (nSPS) is 11.1. The summed E-state index contributed by atoms with van der Waals surface area (Å²) in [6, 6.07) is 10.1. The third-order valence-corrected chi connectivity index (χ3v) is 4.99. The number of amides is 2. The van der Waals surface area contributed by atoms with Crippen LogP contribution < -0.4 is 10.6 Å². The molecular weight excluding hydrogens is 344 g/mol. The maximum Gasteiger partial charge on any atom is 0.245 e. The molecule has 0 saturated carbocycles. The van der Waals surface area contributed by atoms with Crippen LogP contribution in [0.3, 0.4) is 0 Å². The van der Waals surface area contributed by atoms with Crippen LogP contribution in [-0.2, 0) is 15.3 Å². The van der Waals surface area contributed by atoms with Gasteiger partial charge in [0.2, 0.25) is 16.9 Å². The summed E-state index contributed by atoms with van der Waals surface area (Å²) in [4.78, 5) is 23.6. The molecule has 2 N–H and O–H groups in total. The minimum absolute atomic E-state index is 0.0812. The first-order valence-corrected chi connectivity index (χ1v) is 9.23. The Hall–Kier alpha value is -1.93. The molecule has 0 radical (unpaired) electrons. The van der Waals surface area contributed by atoms with E-state index in [1.165, 1.54) is 16.9 Å². The quantitative estimate of drug-likeness (QED) is 0.608. The Bertz CT molecular complexity index is 696. The number of aromatic nitrogens is 2. The van der Waals surface area contributed by atoms with Gasteiger partial charge in [-0.05, 0) is 5.56 Å². The van der Waals surface area contributed by atoms with Crippen molar-refractivity contribution >= 4 is 40.0 Å². The van der Waals surface area contributed by atoms with Crippen LogP contribution >= 0.6 is 23.1 Å². The zero-order valence-corrected chi connectivity index (χ0v) is 15.5. The number of rotatable bonds is 6. The molecule has 0 aliphatic rings. The van der Waals surface area contributed by atoms with E-state index in [0.717, 1.165) is 10.1 Å². The monoisotopic (exact) mass is 364 g/mol. The van der Waals surface area contributed by atoms with E-state index in [4.69, 9.17) is 0 Å². The largest absolute Gasteiger partial charge is 0.347 e. The second kappa shape index (κ2) is 8.25. The van der Waals surface area contributed by atoms with Crippen LogP contribution in [0.2, 0.25) is 0 Å². The molecule has 0 saturated heterocycles. The number of thioether (sulfide) groups is 1. The SMILES string of the molecule is CC(C)(C)C(=O)NCC(=O)Nc1nnc(SCc2ccccc2)s1. The number of carbonyl (C=O) groups excluding carboxylic acids is 2. The van der Waals surface area contributed by atoms with Gasteiger partial charge in [0.15, 0.2) is 4.34 Å². The van der Waals surface area contributed by atoms with E-state index in [9.17, 15) is 9.59 Å². The summed E-state index contributed by atoms with van der Waals surface area (Å²) in [7, 11) is 0. The van der Waals surface area contributed by atoms with Crippen LogP contribution in [0.1, 0.15) is 26.3 Å². The maximum absolute atomic E-state index is 11.8. The van der Waals surface area contributed by atoms with Crippen LogP contribution in [0.15, 0.2) is 34.7 Å². The third kappa shape index (κ3) is 5.93. The van der Waals surface area contributed by atoms with Crippen LogP contribution in [0.4, 0.5) is 5.13 Å². The van der Waals surface area contributed by atoms with Crippen molar-refractivity contribution in [1.82, 2.24) is 15.5 Å². The zero-order valence-electron chi connectivity index (χ0n) is 13.8. The van der Waals surface area contributed by atoms with Crippen molar-refractivity contribution in [3.05, 3.63) is 35.9 Å². The van der Waals surface area contributed by atoms with E-state index in [0.29, 0.717) is 5.13 Å². The van der Waals surface area contributed by atoms with Crippen LogP contribution in [0.5, 0.6) is 0 Å². The van der Waals surface area contributed by atoms with Gasteiger partial charge < -0.3 is 5.32 Å². The van der Waals surface area contributed by atoms with Crippen molar-refractivity contribution in [1.29, 1.82) is 0 Å². The molecule has 128 valence electrons. The van der Waals surface area contributed by atoms with Gasteiger partial charge in [0, 0.05) is 11.2 Å². The fourth-order valence-electron chi connectivity index (χ4n) is 1.63. The van der Waals surface area contributed by atoms with Crippen molar-refractivity contribution < 1.29 is 9.59 Å². The summed E-state index contributed by atoms with van der Waals surface area (Å²) < 4.78 is 0.785. The third-order valence-electron chi connectivity index (χ3n) is 2.95. The average molecular weight is 364 g/mol. The molecule has 2 amide bonds. The Morgan fingerprint density at radius 2 is 1.88 bits per heavy atom. The van der Waals surface area contributed by atoms with E-state index in [1.807, 2.05) is 18.2 Å². The van der Waals surface area contributed by atoms with E-state index >= 15 is 0 Å². The van der Waals surface area contributed by atoms with E-state index in [-0.39, 0.29) is 18.4 Å². The second-order valence-corrected chi connectivity index (χ2v) is 8.33. The molecule has 2 rings (SSSR count). The van der Waals surface area contributed by atoms with Crippen LogP contribution in [0.25, 0.3) is 0 Å². The van der Waals surface area contributed by atoms with Crippen molar-refractivity contribution in [3.8, 4) is 0 Å². The average Bonchev–Trinajstić information content (AvgIpc) is 2.98. The van der Waals surface area contributed by atoms with Gasteiger partial charge >= 0.3 is 0 Å². The number of nitrogens with zero attached hydrogens (tertiary/aromatic N) is 2. The first kappa shape index (κ1) is 18.4. The number of hydrogen-bond acceptors (Lipinski definition) is 6. The van der Waals surface area contributed by atoms with Gasteiger partial charge in [-0.25, -0.2) is 0 Å². The Labute approximate surface area is 149 Å². The van der Waals surface area contributed by atoms with Crippen molar-refractivity contribution in [3.63, 3.8) is 0 Å². The highest BCUT2D eigenvalue weighted by Gasteiger charge is 2.21. The minimum atomic E-state index is -0.524. The van der Waals surface area contributed by atoms with Crippen molar-refractivity contribution in [2.45, 2.75) is 30.9 Å². The zero-order chi connectivity index (χ0) is 17.6. The lowest BCUT2D eigenvalue weighted by molar-refractivity contribution is -0.130. The van der Waals surface area contributed by atoms with Gasteiger partial charge in [0.1, 0.15) is 0 Å². The fourth-order valence-corrected chi connectivity index (χ4v) is 3.35. The molecular formula is C16H20N4O2S2. The molecule has 1 aromatic carbocycles. The molecule has 0 aliphatic carbocycles. The predicted molar refractivity (Wildman–Crippen MR) is 97.0 cm³/mol. The molecule has 24 heavy (non-hydrogen) atoms. The lowest BCUT2D eigenvalue weighted by Gasteiger charge is -2.16. The van der Waals surface area contributed by atoms with E-state index < -0.39 is 5.41 Å².